The van der Waals surface area contributed by atoms with Gasteiger partial charge in [0.15, 0.2) is 6.29 Å². The summed E-state index contributed by atoms with van der Waals surface area (Å²) in [6.45, 7) is 3.25. The SMILES string of the molecule is CCC1CCC(Cn2cncc2C=O)CC1. The van der Waals surface area contributed by atoms with Crippen LogP contribution in [0.15, 0.2) is 12.5 Å². The summed E-state index contributed by atoms with van der Waals surface area (Å²) in [5.74, 6) is 1.67. The van der Waals surface area contributed by atoms with E-state index in [1.165, 1.54) is 32.1 Å². The van der Waals surface area contributed by atoms with E-state index in [0.717, 1.165) is 24.7 Å². The van der Waals surface area contributed by atoms with Crippen LogP contribution in [0.2, 0.25) is 0 Å². The maximum absolute atomic E-state index is 10.8. The zero-order valence-corrected chi connectivity index (χ0v) is 9.93. The monoisotopic (exact) mass is 220 g/mol. The zero-order chi connectivity index (χ0) is 11.4. The normalized spacial score (nSPS) is 25.6. The Morgan fingerprint density at radius 1 is 1.38 bits per heavy atom. The summed E-state index contributed by atoms with van der Waals surface area (Å²) in [6, 6.07) is 0. The highest BCUT2D eigenvalue weighted by atomic mass is 16.1. The maximum Gasteiger partial charge on any atom is 0.168 e. The summed E-state index contributed by atoms with van der Waals surface area (Å²) < 4.78 is 1.99. The van der Waals surface area contributed by atoms with Crippen LogP contribution in [0.3, 0.4) is 0 Å². The number of aldehydes is 1. The lowest BCUT2D eigenvalue weighted by atomic mass is 9.81. The van der Waals surface area contributed by atoms with E-state index in [0.29, 0.717) is 5.69 Å². The highest BCUT2D eigenvalue weighted by molar-refractivity contribution is 5.71. The highest BCUT2D eigenvalue weighted by Crippen LogP contribution is 2.31. The fourth-order valence-corrected chi connectivity index (χ4v) is 2.68. The molecule has 88 valence electrons. The Kier molecular flexibility index (Phi) is 3.75. The van der Waals surface area contributed by atoms with Gasteiger partial charge in [0.25, 0.3) is 0 Å². The van der Waals surface area contributed by atoms with Crippen molar-refractivity contribution in [3.05, 3.63) is 18.2 Å². The number of imidazole rings is 1. The lowest BCUT2D eigenvalue weighted by molar-refractivity contribution is 0.111. The Balaban J connectivity index is 1.89. The molecule has 0 unspecified atom stereocenters. The molecule has 0 aromatic carbocycles. The van der Waals surface area contributed by atoms with E-state index in [1.807, 2.05) is 4.57 Å². The molecule has 0 bridgehead atoms. The molecule has 1 heterocycles. The largest absolute Gasteiger partial charge is 0.328 e. The molecular formula is C13H20N2O. The van der Waals surface area contributed by atoms with Crippen LogP contribution in [0, 0.1) is 11.8 Å². The van der Waals surface area contributed by atoms with Crippen LogP contribution in [0.1, 0.15) is 49.5 Å². The zero-order valence-electron chi connectivity index (χ0n) is 9.93. The van der Waals surface area contributed by atoms with Gasteiger partial charge in [0.05, 0.1) is 12.5 Å². The summed E-state index contributed by atoms with van der Waals surface area (Å²) in [5, 5.41) is 0. The Morgan fingerprint density at radius 2 is 2.06 bits per heavy atom. The first kappa shape index (κ1) is 11.4. The average molecular weight is 220 g/mol. The van der Waals surface area contributed by atoms with Gasteiger partial charge in [-0.15, -0.1) is 0 Å². The van der Waals surface area contributed by atoms with Crippen molar-refractivity contribution in [2.24, 2.45) is 11.8 Å². The van der Waals surface area contributed by atoms with Crippen molar-refractivity contribution < 1.29 is 4.79 Å². The minimum atomic E-state index is 0.706. The first-order chi connectivity index (χ1) is 7.83. The van der Waals surface area contributed by atoms with E-state index in [9.17, 15) is 4.79 Å². The third-order valence-electron chi connectivity index (χ3n) is 3.86. The summed E-state index contributed by atoms with van der Waals surface area (Å²) in [5.41, 5.74) is 0.706. The Bertz CT molecular complexity index is 337. The smallest absolute Gasteiger partial charge is 0.168 e. The first-order valence-corrected chi connectivity index (χ1v) is 6.28. The molecule has 0 aliphatic heterocycles. The highest BCUT2D eigenvalue weighted by Gasteiger charge is 2.20. The fourth-order valence-electron chi connectivity index (χ4n) is 2.68. The molecule has 1 aliphatic carbocycles. The van der Waals surface area contributed by atoms with Gasteiger partial charge >= 0.3 is 0 Å². The van der Waals surface area contributed by atoms with Crippen LogP contribution < -0.4 is 0 Å². The lowest BCUT2D eigenvalue weighted by Gasteiger charge is -2.28. The number of carbonyl (C=O) groups excluding carboxylic acids is 1. The second-order valence-corrected chi connectivity index (χ2v) is 4.88. The molecule has 0 amide bonds. The summed E-state index contributed by atoms with van der Waals surface area (Å²) >= 11 is 0. The second-order valence-electron chi connectivity index (χ2n) is 4.88. The van der Waals surface area contributed by atoms with E-state index in [4.69, 9.17) is 0 Å². The predicted molar refractivity (Wildman–Crippen MR) is 63.4 cm³/mol. The van der Waals surface area contributed by atoms with Gasteiger partial charge in [-0.3, -0.25) is 4.79 Å². The van der Waals surface area contributed by atoms with Gasteiger partial charge in [0.1, 0.15) is 5.69 Å². The van der Waals surface area contributed by atoms with Gasteiger partial charge in [-0.25, -0.2) is 4.98 Å². The van der Waals surface area contributed by atoms with Crippen molar-refractivity contribution in [2.75, 3.05) is 0 Å². The quantitative estimate of drug-likeness (QED) is 0.731. The predicted octanol–water partition coefficient (Wildman–Crippen LogP) is 2.91. The molecule has 0 atom stereocenters. The number of aromatic nitrogens is 2. The molecule has 0 saturated heterocycles. The fraction of sp³-hybridized carbons (Fsp3) is 0.692. The molecule has 0 N–H and O–H groups in total. The van der Waals surface area contributed by atoms with E-state index in [1.54, 1.807) is 12.5 Å². The average Bonchev–Trinajstić information content (AvgIpc) is 2.77. The third kappa shape index (κ3) is 2.52. The van der Waals surface area contributed by atoms with Gasteiger partial charge in [-0.1, -0.05) is 26.2 Å². The first-order valence-electron chi connectivity index (χ1n) is 6.28. The van der Waals surface area contributed by atoms with E-state index in [-0.39, 0.29) is 0 Å². The van der Waals surface area contributed by atoms with Crippen molar-refractivity contribution in [1.82, 2.24) is 9.55 Å². The lowest BCUT2D eigenvalue weighted by Crippen LogP contribution is -2.19. The molecule has 1 aliphatic rings. The molecule has 1 fully saturated rings. The van der Waals surface area contributed by atoms with Gasteiger partial charge in [0.2, 0.25) is 0 Å². The number of nitrogens with zero attached hydrogens (tertiary/aromatic N) is 2. The molecule has 2 rings (SSSR count). The molecule has 0 radical (unpaired) electrons. The molecule has 0 spiro atoms. The Morgan fingerprint density at radius 3 is 2.69 bits per heavy atom. The maximum atomic E-state index is 10.8. The number of rotatable bonds is 4. The van der Waals surface area contributed by atoms with Crippen LogP contribution >= 0.6 is 0 Å². The molecular weight excluding hydrogens is 200 g/mol. The molecule has 1 aromatic heterocycles. The van der Waals surface area contributed by atoms with Crippen molar-refractivity contribution >= 4 is 6.29 Å². The van der Waals surface area contributed by atoms with Crippen molar-refractivity contribution in [3.8, 4) is 0 Å². The summed E-state index contributed by atoms with van der Waals surface area (Å²) in [6.07, 6.45) is 10.9. The van der Waals surface area contributed by atoms with Crippen LogP contribution in [0.5, 0.6) is 0 Å². The van der Waals surface area contributed by atoms with Crippen molar-refractivity contribution in [3.63, 3.8) is 0 Å². The molecule has 3 heteroatoms. The molecule has 1 aromatic rings. The van der Waals surface area contributed by atoms with Gasteiger partial charge in [-0.2, -0.15) is 0 Å². The topological polar surface area (TPSA) is 34.9 Å². The molecule has 16 heavy (non-hydrogen) atoms. The minimum Gasteiger partial charge on any atom is -0.328 e. The van der Waals surface area contributed by atoms with Crippen LogP contribution in [-0.2, 0) is 6.54 Å². The van der Waals surface area contributed by atoms with E-state index >= 15 is 0 Å². The standard InChI is InChI=1S/C13H20N2O/c1-2-11-3-5-12(6-4-11)8-15-10-14-7-13(15)9-16/h7,9-12H,2-6,8H2,1H3. The van der Waals surface area contributed by atoms with E-state index < -0.39 is 0 Å². The Hall–Kier alpha value is -1.12. The van der Waals surface area contributed by atoms with Crippen LogP contribution in [0.4, 0.5) is 0 Å². The summed E-state index contributed by atoms with van der Waals surface area (Å²) in [4.78, 5) is 14.8. The number of hydrogen-bond donors (Lipinski definition) is 0. The molecule has 3 nitrogen and oxygen atoms in total. The van der Waals surface area contributed by atoms with Gasteiger partial charge in [0, 0.05) is 6.54 Å². The van der Waals surface area contributed by atoms with Crippen molar-refractivity contribution in [2.45, 2.75) is 45.6 Å². The molecule has 1 saturated carbocycles. The second kappa shape index (κ2) is 5.28. The van der Waals surface area contributed by atoms with Crippen molar-refractivity contribution in [1.29, 1.82) is 0 Å². The minimum absolute atomic E-state index is 0.706. The van der Waals surface area contributed by atoms with Gasteiger partial charge < -0.3 is 4.57 Å². The Labute approximate surface area is 96.9 Å². The third-order valence-corrected chi connectivity index (χ3v) is 3.86. The van der Waals surface area contributed by atoms with E-state index in [2.05, 4.69) is 11.9 Å². The number of hydrogen-bond acceptors (Lipinski definition) is 2. The summed E-state index contributed by atoms with van der Waals surface area (Å²) in [7, 11) is 0. The van der Waals surface area contributed by atoms with Crippen LogP contribution in [0.25, 0.3) is 0 Å². The van der Waals surface area contributed by atoms with Crippen LogP contribution in [-0.4, -0.2) is 15.8 Å². The van der Waals surface area contributed by atoms with Gasteiger partial charge in [-0.05, 0) is 24.7 Å². The number of carbonyl (C=O) groups is 1.